The van der Waals surface area contributed by atoms with Crippen LogP contribution in [0.2, 0.25) is 0 Å². The van der Waals surface area contributed by atoms with Crippen LogP contribution in [0.4, 0.5) is 0 Å². The van der Waals surface area contributed by atoms with Gasteiger partial charge in [0.1, 0.15) is 0 Å². The smallest absolute Gasteiger partial charge is 0.248 e. The van der Waals surface area contributed by atoms with Crippen molar-refractivity contribution in [2.24, 2.45) is 11.5 Å². The molecule has 0 heterocycles. The lowest BCUT2D eigenvalue weighted by atomic mass is 10.1. The summed E-state index contributed by atoms with van der Waals surface area (Å²) in [6, 6.07) is 7.00. The van der Waals surface area contributed by atoms with Gasteiger partial charge in [0.25, 0.3) is 0 Å². The molecule has 1 aromatic carbocycles. The zero-order valence-corrected chi connectivity index (χ0v) is 11.0. The highest BCUT2D eigenvalue weighted by molar-refractivity contribution is 5.92. The van der Waals surface area contributed by atoms with Crippen LogP contribution in [0.1, 0.15) is 35.2 Å². The summed E-state index contributed by atoms with van der Waals surface area (Å²) in [5, 5.41) is 2.85. The number of amides is 2. The maximum atomic E-state index is 11.5. The van der Waals surface area contributed by atoms with Gasteiger partial charge in [-0.1, -0.05) is 12.1 Å². The highest BCUT2D eigenvalue weighted by Gasteiger charge is 2.03. The monoisotopic (exact) mass is 263 g/mol. The minimum Gasteiger partial charge on any atom is -0.366 e. The number of aryl methyl sites for hydroxylation is 1. The van der Waals surface area contributed by atoms with Gasteiger partial charge in [-0.3, -0.25) is 9.59 Å². The third kappa shape index (κ3) is 6.01. The number of carbonyl (C=O) groups excluding carboxylic acids is 2. The van der Waals surface area contributed by atoms with E-state index >= 15 is 0 Å². The second-order valence-electron chi connectivity index (χ2n) is 4.41. The minimum atomic E-state index is -0.441. The fourth-order valence-corrected chi connectivity index (χ4v) is 1.68. The number of unbranched alkanes of at least 4 members (excludes halogenated alkanes) is 1. The van der Waals surface area contributed by atoms with E-state index < -0.39 is 5.91 Å². The maximum Gasteiger partial charge on any atom is 0.248 e. The Hall–Kier alpha value is -1.88. The second kappa shape index (κ2) is 8.26. The molecule has 104 valence electrons. The molecule has 0 radical (unpaired) electrons. The zero-order valence-electron chi connectivity index (χ0n) is 11.0. The Morgan fingerprint density at radius 1 is 1.11 bits per heavy atom. The Bertz CT molecular complexity index is 415. The van der Waals surface area contributed by atoms with Crippen molar-refractivity contribution < 1.29 is 9.59 Å². The van der Waals surface area contributed by atoms with Gasteiger partial charge in [0.2, 0.25) is 11.8 Å². The van der Waals surface area contributed by atoms with Gasteiger partial charge in [0.05, 0.1) is 0 Å². The average molecular weight is 263 g/mol. The summed E-state index contributed by atoms with van der Waals surface area (Å²) in [5.74, 6) is -0.403. The van der Waals surface area contributed by atoms with E-state index in [1.165, 1.54) is 0 Å². The van der Waals surface area contributed by atoms with Crippen molar-refractivity contribution in [3.8, 4) is 0 Å². The molecule has 0 saturated heterocycles. The van der Waals surface area contributed by atoms with E-state index in [0.29, 0.717) is 31.5 Å². The molecule has 0 unspecified atom stereocenters. The van der Waals surface area contributed by atoms with Gasteiger partial charge < -0.3 is 16.8 Å². The first-order valence-corrected chi connectivity index (χ1v) is 6.49. The van der Waals surface area contributed by atoms with Crippen molar-refractivity contribution in [1.29, 1.82) is 0 Å². The number of hydrogen-bond donors (Lipinski definition) is 3. The molecule has 0 aliphatic heterocycles. The molecule has 0 aliphatic carbocycles. The van der Waals surface area contributed by atoms with E-state index in [4.69, 9.17) is 11.5 Å². The molecule has 1 rings (SSSR count). The summed E-state index contributed by atoms with van der Waals surface area (Å²) in [4.78, 5) is 22.4. The van der Waals surface area contributed by atoms with E-state index in [0.717, 1.165) is 18.4 Å². The van der Waals surface area contributed by atoms with Crippen LogP contribution in [0.3, 0.4) is 0 Å². The van der Waals surface area contributed by atoms with Gasteiger partial charge in [-0.15, -0.1) is 0 Å². The normalized spacial score (nSPS) is 10.2. The number of nitrogens with one attached hydrogen (secondary N) is 1. The summed E-state index contributed by atoms with van der Waals surface area (Å²) in [6.45, 7) is 1.33. The Balaban J connectivity index is 2.28. The largest absolute Gasteiger partial charge is 0.366 e. The molecule has 0 spiro atoms. The standard InChI is InChI=1S/C14H21N3O2/c15-9-1-2-10-17-13(18)8-5-11-3-6-12(7-4-11)14(16)19/h3-4,6-7H,1-2,5,8-10,15H2,(H2,16,19)(H,17,18). The second-order valence-corrected chi connectivity index (χ2v) is 4.41. The minimum absolute atomic E-state index is 0.0380. The maximum absolute atomic E-state index is 11.5. The molecular weight excluding hydrogens is 242 g/mol. The van der Waals surface area contributed by atoms with Crippen molar-refractivity contribution in [2.75, 3.05) is 13.1 Å². The highest BCUT2D eigenvalue weighted by Crippen LogP contribution is 2.06. The fraction of sp³-hybridized carbons (Fsp3) is 0.429. The Labute approximate surface area is 113 Å². The number of hydrogen-bond acceptors (Lipinski definition) is 3. The number of rotatable bonds is 8. The molecule has 5 nitrogen and oxygen atoms in total. The third-order valence-electron chi connectivity index (χ3n) is 2.83. The summed E-state index contributed by atoms with van der Waals surface area (Å²) in [6.07, 6.45) is 2.94. The first-order valence-electron chi connectivity index (χ1n) is 6.49. The van der Waals surface area contributed by atoms with Gasteiger partial charge in [0.15, 0.2) is 0 Å². The van der Waals surface area contributed by atoms with Crippen molar-refractivity contribution in [2.45, 2.75) is 25.7 Å². The van der Waals surface area contributed by atoms with E-state index in [1.54, 1.807) is 12.1 Å². The van der Waals surface area contributed by atoms with Crippen LogP contribution < -0.4 is 16.8 Å². The topological polar surface area (TPSA) is 98.2 Å². The van der Waals surface area contributed by atoms with E-state index in [2.05, 4.69) is 5.32 Å². The van der Waals surface area contributed by atoms with E-state index in [9.17, 15) is 9.59 Å². The van der Waals surface area contributed by atoms with Gasteiger partial charge in [0, 0.05) is 18.5 Å². The molecule has 0 aliphatic rings. The van der Waals surface area contributed by atoms with Gasteiger partial charge in [-0.25, -0.2) is 0 Å². The first kappa shape index (κ1) is 15.2. The number of nitrogens with two attached hydrogens (primary N) is 2. The number of benzene rings is 1. The number of primary amides is 1. The van der Waals surface area contributed by atoms with Gasteiger partial charge >= 0.3 is 0 Å². The predicted molar refractivity (Wildman–Crippen MR) is 74.6 cm³/mol. The summed E-state index contributed by atoms with van der Waals surface area (Å²) < 4.78 is 0. The molecule has 0 aromatic heterocycles. The molecule has 2 amide bonds. The molecule has 0 atom stereocenters. The van der Waals surface area contributed by atoms with Crippen LogP contribution in [0.5, 0.6) is 0 Å². The van der Waals surface area contributed by atoms with E-state index in [-0.39, 0.29) is 5.91 Å². The lowest BCUT2D eigenvalue weighted by Crippen LogP contribution is -2.25. The third-order valence-corrected chi connectivity index (χ3v) is 2.83. The predicted octanol–water partition coefficient (Wildman–Crippen LogP) is 0.573. The average Bonchev–Trinajstić information content (AvgIpc) is 2.42. The first-order chi connectivity index (χ1) is 9.13. The Morgan fingerprint density at radius 2 is 1.79 bits per heavy atom. The molecule has 0 fully saturated rings. The fourth-order valence-electron chi connectivity index (χ4n) is 1.68. The SMILES string of the molecule is NCCCCNC(=O)CCc1ccc(C(N)=O)cc1. The molecule has 0 saturated carbocycles. The molecule has 0 bridgehead atoms. The lowest BCUT2D eigenvalue weighted by Gasteiger charge is -2.05. The van der Waals surface area contributed by atoms with Gasteiger partial charge in [-0.2, -0.15) is 0 Å². The lowest BCUT2D eigenvalue weighted by molar-refractivity contribution is -0.121. The molecule has 1 aromatic rings. The summed E-state index contributed by atoms with van der Waals surface area (Å²) in [5.41, 5.74) is 12.0. The summed E-state index contributed by atoms with van der Waals surface area (Å²) in [7, 11) is 0. The number of carbonyl (C=O) groups is 2. The highest BCUT2D eigenvalue weighted by atomic mass is 16.1. The van der Waals surface area contributed by atoms with Crippen molar-refractivity contribution in [3.05, 3.63) is 35.4 Å². The van der Waals surface area contributed by atoms with Crippen LogP contribution in [0.25, 0.3) is 0 Å². The van der Waals surface area contributed by atoms with E-state index in [1.807, 2.05) is 12.1 Å². The van der Waals surface area contributed by atoms with Crippen molar-refractivity contribution in [3.63, 3.8) is 0 Å². The van der Waals surface area contributed by atoms with Gasteiger partial charge in [-0.05, 0) is 43.5 Å². The van der Waals surface area contributed by atoms with Crippen molar-refractivity contribution in [1.82, 2.24) is 5.32 Å². The van der Waals surface area contributed by atoms with Crippen LogP contribution >= 0.6 is 0 Å². The zero-order chi connectivity index (χ0) is 14.1. The quantitative estimate of drug-likeness (QED) is 0.598. The van der Waals surface area contributed by atoms with Crippen molar-refractivity contribution >= 4 is 11.8 Å². The van der Waals surface area contributed by atoms with Crippen LogP contribution in [-0.4, -0.2) is 24.9 Å². The van der Waals surface area contributed by atoms with Crippen LogP contribution in [0, 0.1) is 0 Å². The Morgan fingerprint density at radius 3 is 2.37 bits per heavy atom. The van der Waals surface area contributed by atoms with Crippen LogP contribution in [-0.2, 0) is 11.2 Å². The molecule has 19 heavy (non-hydrogen) atoms. The van der Waals surface area contributed by atoms with Crippen LogP contribution in [0.15, 0.2) is 24.3 Å². The molecular formula is C14H21N3O2. The molecule has 5 N–H and O–H groups in total. The molecule has 5 heteroatoms. The Kier molecular flexibility index (Phi) is 6.60. The summed E-state index contributed by atoms with van der Waals surface area (Å²) >= 11 is 0.